The van der Waals surface area contributed by atoms with Crippen LogP contribution in [0.3, 0.4) is 0 Å². The summed E-state index contributed by atoms with van der Waals surface area (Å²) in [6.07, 6.45) is 5.02. The van der Waals surface area contributed by atoms with Crippen LogP contribution in [0.1, 0.15) is 68.7 Å². The van der Waals surface area contributed by atoms with Crippen molar-refractivity contribution in [3.05, 3.63) is 93.3 Å². The molecule has 12 heteroatoms. The quantitative estimate of drug-likeness (QED) is 0.245. The van der Waals surface area contributed by atoms with Gasteiger partial charge in [-0.15, -0.1) is 11.3 Å². The first kappa shape index (κ1) is 30.0. The standard InChI is InChI=1S/C32H33F2N5O4S/c1-18-17-44-31(37-18)27-5-3-8-39(27)32(42)22-14-20(13-21(15-22)30-36-7-9-43-30)29(41)38-26(28(40)25-4-2-6-35-25)12-19-10-23(33)16-24(34)11-19/h7,9-11,13-17,25-28,35,40H,2-6,8,12H2,1H3,(H,38,41)/t25-,26+,27-,28+/m1/s1. The summed E-state index contributed by atoms with van der Waals surface area (Å²) >= 11 is 1.52. The zero-order valence-corrected chi connectivity index (χ0v) is 24.9. The number of nitrogens with zero attached hydrogens (tertiary/aromatic N) is 3. The van der Waals surface area contributed by atoms with Gasteiger partial charge in [0.15, 0.2) is 0 Å². The number of aliphatic hydroxyl groups excluding tert-OH is 1. The Labute approximate surface area is 257 Å². The van der Waals surface area contributed by atoms with E-state index in [0.717, 1.165) is 42.6 Å². The van der Waals surface area contributed by atoms with Crippen LogP contribution >= 0.6 is 11.3 Å². The molecule has 0 bridgehead atoms. The molecule has 0 saturated carbocycles. The van der Waals surface area contributed by atoms with Gasteiger partial charge in [-0.1, -0.05) is 0 Å². The molecule has 2 fully saturated rings. The van der Waals surface area contributed by atoms with E-state index >= 15 is 0 Å². The Bertz CT molecular complexity index is 1620. The Balaban J connectivity index is 1.31. The van der Waals surface area contributed by atoms with Gasteiger partial charge in [0, 0.05) is 46.4 Å². The first-order valence-electron chi connectivity index (χ1n) is 14.7. The average molecular weight is 622 g/mol. The zero-order valence-electron chi connectivity index (χ0n) is 24.1. The van der Waals surface area contributed by atoms with Crippen LogP contribution in [0.5, 0.6) is 0 Å². The molecule has 230 valence electrons. The molecule has 4 atom stereocenters. The third-order valence-corrected chi connectivity index (χ3v) is 9.24. The molecule has 3 N–H and O–H groups in total. The maximum atomic E-state index is 14.0. The van der Waals surface area contributed by atoms with Crippen molar-refractivity contribution in [3.63, 3.8) is 0 Å². The number of likely N-dealkylation sites (tertiary alicyclic amines) is 1. The van der Waals surface area contributed by atoms with Gasteiger partial charge < -0.3 is 25.1 Å². The van der Waals surface area contributed by atoms with Crippen molar-refractivity contribution in [2.45, 2.75) is 63.3 Å². The van der Waals surface area contributed by atoms with E-state index < -0.39 is 29.7 Å². The lowest BCUT2D eigenvalue weighted by atomic mass is 9.94. The van der Waals surface area contributed by atoms with Gasteiger partial charge in [-0.05, 0) is 81.5 Å². The van der Waals surface area contributed by atoms with E-state index in [9.17, 15) is 23.5 Å². The summed E-state index contributed by atoms with van der Waals surface area (Å²) < 4.78 is 33.5. The van der Waals surface area contributed by atoms with Gasteiger partial charge >= 0.3 is 0 Å². The second kappa shape index (κ2) is 12.9. The van der Waals surface area contributed by atoms with Gasteiger partial charge in [0.05, 0.1) is 24.4 Å². The minimum Gasteiger partial charge on any atom is -0.445 e. The van der Waals surface area contributed by atoms with Crippen LogP contribution in [0.15, 0.2) is 58.7 Å². The molecule has 2 aromatic heterocycles. The van der Waals surface area contributed by atoms with E-state index in [4.69, 9.17) is 4.42 Å². The predicted molar refractivity (Wildman–Crippen MR) is 160 cm³/mol. The van der Waals surface area contributed by atoms with Crippen molar-refractivity contribution in [2.24, 2.45) is 0 Å². The van der Waals surface area contributed by atoms with Crippen molar-refractivity contribution >= 4 is 23.2 Å². The highest BCUT2D eigenvalue weighted by molar-refractivity contribution is 7.09. The fraction of sp³-hybridized carbons (Fsp3) is 0.375. The Hall–Kier alpha value is -4.00. The number of oxazole rings is 1. The number of carbonyl (C=O) groups is 2. The maximum Gasteiger partial charge on any atom is 0.254 e. The number of aryl methyl sites for hydroxylation is 1. The smallest absolute Gasteiger partial charge is 0.254 e. The molecule has 0 aliphatic carbocycles. The number of halogens is 2. The van der Waals surface area contributed by atoms with Crippen LogP contribution in [-0.2, 0) is 6.42 Å². The number of aliphatic hydroxyl groups is 1. The van der Waals surface area contributed by atoms with Gasteiger partial charge in [0.2, 0.25) is 5.89 Å². The maximum absolute atomic E-state index is 14.0. The summed E-state index contributed by atoms with van der Waals surface area (Å²) in [5.41, 5.74) is 2.08. The van der Waals surface area contributed by atoms with Crippen LogP contribution in [0.4, 0.5) is 8.78 Å². The molecule has 2 amide bonds. The number of nitrogens with one attached hydrogen (secondary N) is 2. The summed E-state index contributed by atoms with van der Waals surface area (Å²) in [4.78, 5) is 38.4. The van der Waals surface area contributed by atoms with Crippen LogP contribution in [0.25, 0.3) is 11.5 Å². The minimum atomic E-state index is -1.03. The summed E-state index contributed by atoms with van der Waals surface area (Å²) in [6, 6.07) is 6.57. The fourth-order valence-electron chi connectivity index (χ4n) is 6.10. The summed E-state index contributed by atoms with van der Waals surface area (Å²) in [5, 5.41) is 20.2. The molecule has 0 radical (unpaired) electrons. The minimum absolute atomic E-state index is 0.00628. The normalized spacial score (nSPS) is 19.7. The predicted octanol–water partition coefficient (Wildman–Crippen LogP) is 4.82. The molecule has 0 unspecified atom stereocenters. The SMILES string of the molecule is Cc1csc([C@H]2CCCN2C(=O)c2cc(C(=O)N[C@@H](Cc3cc(F)cc(F)c3)[C@@H](O)[C@H]3CCCN3)cc(-c3ncco3)c2)n1. The molecule has 0 spiro atoms. The van der Waals surface area contributed by atoms with E-state index in [-0.39, 0.29) is 41.4 Å². The lowest BCUT2D eigenvalue weighted by Gasteiger charge is -2.29. The highest BCUT2D eigenvalue weighted by Crippen LogP contribution is 2.35. The lowest BCUT2D eigenvalue weighted by Crippen LogP contribution is -2.52. The van der Waals surface area contributed by atoms with E-state index in [1.54, 1.807) is 17.0 Å². The van der Waals surface area contributed by atoms with Crippen molar-refractivity contribution in [2.75, 3.05) is 13.1 Å². The average Bonchev–Trinajstić information content (AvgIpc) is 3.83. The van der Waals surface area contributed by atoms with Crippen molar-refractivity contribution < 1.29 is 27.9 Å². The van der Waals surface area contributed by atoms with E-state index in [2.05, 4.69) is 20.6 Å². The van der Waals surface area contributed by atoms with Crippen molar-refractivity contribution in [3.8, 4) is 11.5 Å². The van der Waals surface area contributed by atoms with Crippen molar-refractivity contribution in [1.29, 1.82) is 0 Å². The first-order valence-corrected chi connectivity index (χ1v) is 15.6. The number of thiazole rings is 1. The molecule has 44 heavy (non-hydrogen) atoms. The van der Waals surface area contributed by atoms with Crippen LogP contribution in [0.2, 0.25) is 0 Å². The van der Waals surface area contributed by atoms with Gasteiger partial charge in [-0.25, -0.2) is 18.7 Å². The number of rotatable bonds is 9. The number of aromatic nitrogens is 2. The van der Waals surface area contributed by atoms with Crippen LogP contribution in [-0.4, -0.2) is 63.1 Å². The van der Waals surface area contributed by atoms with Crippen LogP contribution < -0.4 is 10.6 Å². The molecule has 9 nitrogen and oxygen atoms in total. The molecule has 2 aliphatic heterocycles. The molecule has 2 aliphatic rings. The topological polar surface area (TPSA) is 121 Å². The number of amides is 2. The molecular weight excluding hydrogens is 588 g/mol. The number of benzene rings is 2. The highest BCUT2D eigenvalue weighted by atomic mass is 32.1. The van der Waals surface area contributed by atoms with E-state index in [0.29, 0.717) is 24.1 Å². The Kier molecular flexibility index (Phi) is 8.83. The number of hydrogen-bond acceptors (Lipinski definition) is 8. The number of carbonyl (C=O) groups excluding carboxylic acids is 2. The van der Waals surface area contributed by atoms with Crippen molar-refractivity contribution in [1.82, 2.24) is 25.5 Å². The van der Waals surface area contributed by atoms with Gasteiger partial charge in [-0.3, -0.25) is 9.59 Å². The lowest BCUT2D eigenvalue weighted by molar-refractivity contribution is 0.0733. The number of hydrogen-bond donors (Lipinski definition) is 3. The summed E-state index contributed by atoms with van der Waals surface area (Å²) in [5.74, 6) is -2.05. The third kappa shape index (κ3) is 6.57. The second-order valence-electron chi connectivity index (χ2n) is 11.4. The monoisotopic (exact) mass is 621 g/mol. The van der Waals surface area contributed by atoms with Gasteiger partial charge in [-0.2, -0.15) is 0 Å². The largest absolute Gasteiger partial charge is 0.445 e. The molecule has 2 aromatic carbocycles. The van der Waals surface area contributed by atoms with Gasteiger partial charge in [0.1, 0.15) is 22.9 Å². The Morgan fingerprint density at radius 3 is 2.61 bits per heavy atom. The molecule has 4 heterocycles. The second-order valence-corrected chi connectivity index (χ2v) is 12.3. The van der Waals surface area contributed by atoms with E-state index in [1.165, 1.54) is 42.0 Å². The molecule has 2 saturated heterocycles. The zero-order chi connectivity index (χ0) is 30.8. The van der Waals surface area contributed by atoms with E-state index in [1.807, 2.05) is 12.3 Å². The Morgan fingerprint density at radius 1 is 1.14 bits per heavy atom. The molecule has 4 aromatic rings. The highest BCUT2D eigenvalue weighted by Gasteiger charge is 2.34. The summed E-state index contributed by atoms with van der Waals surface area (Å²) in [7, 11) is 0. The van der Waals surface area contributed by atoms with Crippen LogP contribution in [0, 0.1) is 18.6 Å². The molecule has 6 rings (SSSR count). The fourth-order valence-corrected chi connectivity index (χ4v) is 7.05. The molecular formula is C32H33F2N5O4S. The Morgan fingerprint density at radius 2 is 1.93 bits per heavy atom. The third-order valence-electron chi connectivity index (χ3n) is 8.17. The summed E-state index contributed by atoms with van der Waals surface area (Å²) in [6.45, 7) is 3.20. The first-order chi connectivity index (χ1) is 21.2. The van der Waals surface area contributed by atoms with Gasteiger partial charge in [0.25, 0.3) is 11.8 Å².